The molecule has 27 nitrogen and oxygen atoms in total. The topological polar surface area (TPSA) is 449 Å². The van der Waals surface area contributed by atoms with E-state index in [9.17, 15) is 43.2 Å². The molecule has 8 atom stereocenters. The molecule has 2 heterocycles. The van der Waals surface area contributed by atoms with Crippen LogP contribution in [0, 0.1) is 0 Å². The molecule has 2 aromatic carbocycles. The summed E-state index contributed by atoms with van der Waals surface area (Å²) in [5.74, 6) is -7.55. The summed E-state index contributed by atoms with van der Waals surface area (Å²) in [6.07, 6.45) is 5.35. The van der Waals surface area contributed by atoms with Crippen molar-refractivity contribution in [3.8, 4) is 0 Å². The second-order valence-electron chi connectivity index (χ2n) is 18.4. The Balaban J connectivity index is 1.58. The van der Waals surface area contributed by atoms with Crippen LogP contribution in [-0.4, -0.2) is 153 Å². The van der Waals surface area contributed by atoms with Crippen molar-refractivity contribution < 1.29 is 43.2 Å². The van der Waals surface area contributed by atoms with E-state index in [0.29, 0.717) is 36.2 Å². The number of aromatic nitrogens is 3. The number of hydrogen-bond acceptors (Lipinski definition) is 14. The maximum atomic E-state index is 14.6. The van der Waals surface area contributed by atoms with Crippen molar-refractivity contribution in [1.82, 2.24) is 57.5 Å². The van der Waals surface area contributed by atoms with Crippen molar-refractivity contribution in [3.63, 3.8) is 0 Å². The van der Waals surface area contributed by atoms with Gasteiger partial charge in [0, 0.05) is 79.8 Å². The van der Waals surface area contributed by atoms with Gasteiger partial charge in [-0.25, -0.2) is 4.98 Å². The first-order chi connectivity index (χ1) is 37.7. The zero-order valence-corrected chi connectivity index (χ0v) is 45.6. The van der Waals surface area contributed by atoms with Gasteiger partial charge in [-0.1, -0.05) is 48.5 Å². The molecule has 0 aliphatic heterocycles. The predicted molar refractivity (Wildman–Crippen MR) is 303 cm³/mol. The monoisotopic (exact) mass is 1130 g/mol. The Kier molecular flexibility index (Phi) is 25.9. The minimum Gasteiger partial charge on any atom is -0.370 e. The third kappa shape index (κ3) is 21.5. The highest BCUT2D eigenvalue weighted by Crippen LogP contribution is 2.20. The summed E-state index contributed by atoms with van der Waals surface area (Å²) in [4.78, 5) is 140. The van der Waals surface area contributed by atoms with E-state index in [1.807, 2.05) is 18.2 Å². The number of fused-ring (bicyclic) bond motifs is 1. The van der Waals surface area contributed by atoms with Crippen LogP contribution in [0.5, 0.6) is 0 Å². The van der Waals surface area contributed by atoms with Gasteiger partial charge in [0.1, 0.15) is 48.3 Å². The van der Waals surface area contributed by atoms with Gasteiger partial charge in [0.05, 0.1) is 6.33 Å². The third-order valence-electron chi connectivity index (χ3n) is 12.1. The molecule has 0 saturated carbocycles. The molecule has 0 spiro atoms. The Bertz CT molecular complexity index is 2750. The number of H-pyrrole nitrogens is 2. The zero-order valence-electron chi connectivity index (χ0n) is 43.8. The molecule has 0 radical (unpaired) electrons. The molecule has 0 aliphatic carbocycles. The fourth-order valence-electron chi connectivity index (χ4n) is 8.01. The molecule has 0 bridgehead atoms. The Morgan fingerprint density at radius 2 is 1.04 bits per heavy atom. The van der Waals surface area contributed by atoms with Crippen LogP contribution in [0.15, 0.2) is 83.3 Å². The Hall–Kier alpha value is -8.34. The first kappa shape index (κ1) is 63.2. The van der Waals surface area contributed by atoms with Crippen molar-refractivity contribution in [2.24, 2.45) is 38.7 Å². The highest BCUT2D eigenvalue weighted by Gasteiger charge is 2.34. The van der Waals surface area contributed by atoms with Gasteiger partial charge in [0.25, 0.3) is 0 Å². The molecule has 20 N–H and O–H groups in total. The molecule has 9 amide bonds. The number of amides is 9. The number of nitrogens with one attached hydrogen (secondary N) is 10. The number of unbranched alkanes of at least 4 members (excludes halogenated alkanes) is 1. The van der Waals surface area contributed by atoms with Crippen molar-refractivity contribution in [3.05, 3.63) is 90.1 Å². The van der Waals surface area contributed by atoms with Crippen LogP contribution in [0.4, 0.5) is 0 Å². The summed E-state index contributed by atoms with van der Waals surface area (Å²) in [7, 11) is 0. The average Bonchev–Trinajstić information content (AvgIpc) is 4.09. The molecular formula is C50H72N18O9S2. The van der Waals surface area contributed by atoms with Gasteiger partial charge < -0.3 is 81.2 Å². The molecule has 428 valence electrons. The van der Waals surface area contributed by atoms with E-state index in [1.165, 1.54) is 26.4 Å². The lowest BCUT2D eigenvalue weighted by Gasteiger charge is -2.27. The number of thiol groups is 2. The highest BCUT2D eigenvalue weighted by molar-refractivity contribution is 7.80. The van der Waals surface area contributed by atoms with Crippen molar-refractivity contribution >= 4 is 101 Å². The maximum absolute atomic E-state index is 14.6. The first-order valence-electron chi connectivity index (χ1n) is 25.3. The fourth-order valence-corrected chi connectivity index (χ4v) is 8.54. The van der Waals surface area contributed by atoms with Gasteiger partial charge in [-0.3, -0.25) is 53.1 Å². The average molecular weight is 1130 g/mol. The van der Waals surface area contributed by atoms with Crippen LogP contribution in [0.25, 0.3) is 10.9 Å². The summed E-state index contributed by atoms with van der Waals surface area (Å²) >= 11 is 8.39. The fraction of sp³-hybridized carbons (Fsp3) is 0.440. The number of carbonyl (C=O) groups is 9. The van der Waals surface area contributed by atoms with E-state index in [4.69, 9.17) is 28.7 Å². The number of imidazole rings is 1. The van der Waals surface area contributed by atoms with Crippen LogP contribution in [0.3, 0.4) is 0 Å². The second-order valence-corrected chi connectivity index (χ2v) is 19.1. The van der Waals surface area contributed by atoms with Gasteiger partial charge in [-0.15, -0.1) is 0 Å². The zero-order chi connectivity index (χ0) is 58.0. The normalized spacial score (nSPS) is 14.0. The molecule has 0 saturated heterocycles. The van der Waals surface area contributed by atoms with Crippen LogP contribution >= 0.6 is 25.3 Å². The number of rotatable bonds is 33. The van der Waals surface area contributed by atoms with Gasteiger partial charge >= 0.3 is 0 Å². The van der Waals surface area contributed by atoms with E-state index in [2.05, 4.69) is 92.7 Å². The molecule has 4 aromatic rings. The van der Waals surface area contributed by atoms with Crippen LogP contribution in [0.1, 0.15) is 62.8 Å². The summed E-state index contributed by atoms with van der Waals surface area (Å²) in [6.45, 7) is 2.94. The number of benzene rings is 2. The number of para-hydroxylation sites is 1. The molecule has 0 aliphatic rings. The third-order valence-corrected chi connectivity index (χ3v) is 12.9. The first-order valence-corrected chi connectivity index (χ1v) is 26.5. The summed E-state index contributed by atoms with van der Waals surface area (Å²) in [6, 6.07) is 5.64. The Labute approximate surface area is 467 Å². The van der Waals surface area contributed by atoms with Crippen molar-refractivity contribution in [1.29, 1.82) is 0 Å². The van der Waals surface area contributed by atoms with Gasteiger partial charge in [0.15, 0.2) is 11.9 Å². The van der Waals surface area contributed by atoms with Gasteiger partial charge in [-0.2, -0.15) is 25.3 Å². The Morgan fingerprint density at radius 3 is 1.62 bits per heavy atom. The van der Waals surface area contributed by atoms with E-state index < -0.39 is 101 Å². The maximum Gasteiger partial charge on any atom is 0.244 e. The number of carbonyl (C=O) groups excluding carboxylic acids is 9. The lowest BCUT2D eigenvalue weighted by atomic mass is 10.0. The molecular weight excluding hydrogens is 1060 g/mol. The molecule has 2 aromatic heterocycles. The van der Waals surface area contributed by atoms with E-state index in [1.54, 1.807) is 42.6 Å². The minimum atomic E-state index is -1.41. The summed E-state index contributed by atoms with van der Waals surface area (Å²) in [5.41, 5.74) is 29.8. The summed E-state index contributed by atoms with van der Waals surface area (Å²) in [5, 5.41) is 21.8. The Morgan fingerprint density at radius 1 is 0.544 bits per heavy atom. The smallest absolute Gasteiger partial charge is 0.244 e. The van der Waals surface area contributed by atoms with Crippen molar-refractivity contribution in [2.45, 2.75) is 114 Å². The quantitative estimate of drug-likeness (QED) is 0.00962. The van der Waals surface area contributed by atoms with Gasteiger partial charge in [0.2, 0.25) is 53.2 Å². The number of aromatic amines is 2. The van der Waals surface area contributed by atoms with Crippen LogP contribution in [0.2, 0.25) is 0 Å². The number of guanidine groups is 2. The van der Waals surface area contributed by atoms with Gasteiger partial charge in [-0.05, 0) is 56.2 Å². The number of nitrogens with zero attached hydrogens (tertiary/aromatic N) is 3. The van der Waals surface area contributed by atoms with E-state index in [-0.39, 0.29) is 68.5 Å². The number of hydrogen-bond donors (Lipinski definition) is 17. The lowest BCUT2D eigenvalue weighted by Crippen LogP contribution is -2.61. The molecule has 4 rings (SSSR count). The summed E-state index contributed by atoms with van der Waals surface area (Å²) < 4.78 is 0. The molecule has 29 heteroatoms. The number of primary amides is 1. The SMILES string of the molecule is CC(=O)N[C@@H](CCCCN=C(N)N)C(=O)N[C@@H](CS)C(=O)N[C@H](C)C(=O)N[C@@H](Cc1cnc[nH]1)C(=O)N[C@H](Cc1ccccc1)C(=O)N[C@@H](CCCN=C(N)N)C(=O)N[C@@H](Cc1c[nH]c2ccccc12)C(=O)N[C@@H](CS)C(N)=O. The van der Waals surface area contributed by atoms with Crippen molar-refractivity contribution in [2.75, 3.05) is 24.6 Å². The minimum absolute atomic E-state index is 0.0498. The largest absolute Gasteiger partial charge is 0.370 e. The number of nitrogens with two attached hydrogens (primary N) is 5. The highest BCUT2D eigenvalue weighted by atomic mass is 32.1. The van der Waals surface area contributed by atoms with Crippen LogP contribution in [-0.2, 0) is 62.4 Å². The second kappa shape index (κ2) is 32.4. The van der Waals surface area contributed by atoms with E-state index >= 15 is 0 Å². The van der Waals surface area contributed by atoms with Crippen LogP contribution < -0.4 is 71.2 Å². The molecule has 0 unspecified atom stereocenters. The molecule has 79 heavy (non-hydrogen) atoms. The number of aliphatic imine (C=N–C) groups is 2. The standard InChI is InChI=1S/C50H72N18O9S2/c1-27(61-48(77)40(25-79)68-43(72)34(62-28(2)69)15-8-9-17-57-49(52)53)42(71)64-38(21-31-23-56-26-60-31)47(76)65-36(19-29-11-4-3-5-12-29)45(74)63-35(16-10-18-58-50(54)55)44(73)66-37(46(75)67-39(24-78)41(51)70)20-30-22-59-33-14-7-6-13-32(30)33/h3-7,11-14,22-23,26-27,34-40,59,78-79H,8-10,15-21,24-25H2,1-2H3,(H2,51,70)(H,56,60)(H,61,77)(H,62,69)(H,63,74)(H,64,71)(H,65,76)(H,66,73)(H,67,75)(H,68,72)(H4,52,53,57)(H4,54,55,58)/t27-,34+,35+,36-,37+,38+,39+,40+/m1/s1. The van der Waals surface area contributed by atoms with E-state index in [0.717, 1.165) is 10.9 Å². The lowest BCUT2D eigenvalue weighted by molar-refractivity contribution is -0.135. The molecule has 0 fully saturated rings. The predicted octanol–water partition coefficient (Wildman–Crippen LogP) is -3.32.